The first-order valence-electron chi connectivity index (χ1n) is 5.41. The molecule has 0 radical (unpaired) electrons. The van der Waals surface area contributed by atoms with E-state index in [1.165, 1.54) is 18.2 Å². The topological polar surface area (TPSA) is 55.1 Å². The molecule has 17 heavy (non-hydrogen) atoms. The summed E-state index contributed by atoms with van der Waals surface area (Å²) in [6.45, 7) is 5.89. The van der Waals surface area contributed by atoms with Gasteiger partial charge in [-0.15, -0.1) is 11.8 Å². The van der Waals surface area contributed by atoms with Gasteiger partial charge in [0.25, 0.3) is 0 Å². The highest BCUT2D eigenvalue weighted by atomic mass is 32.2. The van der Waals surface area contributed by atoms with Crippen LogP contribution in [0.2, 0.25) is 0 Å². The van der Waals surface area contributed by atoms with E-state index in [4.69, 9.17) is 5.73 Å². The molecule has 3 nitrogen and oxygen atoms in total. The van der Waals surface area contributed by atoms with Gasteiger partial charge in [0.05, 0.1) is 16.6 Å². The van der Waals surface area contributed by atoms with E-state index in [1.54, 1.807) is 11.8 Å². The molecule has 0 fully saturated rings. The van der Waals surface area contributed by atoms with E-state index >= 15 is 0 Å². The van der Waals surface area contributed by atoms with Crippen molar-refractivity contribution in [1.82, 2.24) is 0 Å². The number of anilines is 2. The van der Waals surface area contributed by atoms with Crippen molar-refractivity contribution in [2.24, 2.45) is 0 Å². The van der Waals surface area contributed by atoms with Gasteiger partial charge in [0.2, 0.25) is 5.91 Å². The Morgan fingerprint density at radius 1 is 1.41 bits per heavy atom. The van der Waals surface area contributed by atoms with Gasteiger partial charge in [-0.2, -0.15) is 0 Å². The molecule has 0 aliphatic rings. The molecule has 0 aliphatic carbocycles. The predicted octanol–water partition coefficient (Wildman–Crippen LogP) is 2.88. The molecule has 0 saturated heterocycles. The summed E-state index contributed by atoms with van der Waals surface area (Å²) in [7, 11) is 0. The smallest absolute Gasteiger partial charge is 0.237 e. The summed E-state index contributed by atoms with van der Waals surface area (Å²) in [5.74, 6) is -0.535. The number of nitrogen functional groups attached to an aromatic ring is 1. The summed E-state index contributed by atoms with van der Waals surface area (Å²) < 4.78 is 12.8. The summed E-state index contributed by atoms with van der Waals surface area (Å²) in [6, 6.07) is 3.93. The van der Waals surface area contributed by atoms with Crippen molar-refractivity contribution < 1.29 is 9.18 Å². The monoisotopic (exact) mass is 256 g/mol. The number of nitrogens with one attached hydrogen (secondary N) is 1. The zero-order valence-corrected chi connectivity index (χ0v) is 11.0. The fourth-order valence-electron chi connectivity index (χ4n) is 1.35. The van der Waals surface area contributed by atoms with E-state index in [1.807, 2.05) is 20.8 Å². The fraction of sp³-hybridized carbons (Fsp3) is 0.417. The number of benzene rings is 1. The quantitative estimate of drug-likeness (QED) is 0.814. The number of hydrogen-bond donors (Lipinski definition) is 2. The van der Waals surface area contributed by atoms with Crippen molar-refractivity contribution in [3.05, 3.63) is 24.0 Å². The maximum atomic E-state index is 12.8. The van der Waals surface area contributed by atoms with E-state index in [-0.39, 0.29) is 16.8 Å². The van der Waals surface area contributed by atoms with E-state index in [2.05, 4.69) is 5.32 Å². The lowest BCUT2D eigenvalue weighted by atomic mass is 10.2. The standard InChI is InChI=1S/C12H17FN2OS/c1-7(2)17-8(3)12(16)15-11-5-4-9(13)6-10(11)14/h4-8H,14H2,1-3H3,(H,15,16). The summed E-state index contributed by atoms with van der Waals surface area (Å²) in [6.07, 6.45) is 0. The van der Waals surface area contributed by atoms with Gasteiger partial charge < -0.3 is 11.1 Å². The van der Waals surface area contributed by atoms with Crippen molar-refractivity contribution in [3.8, 4) is 0 Å². The third-order valence-corrected chi connectivity index (χ3v) is 3.28. The van der Waals surface area contributed by atoms with Crippen molar-refractivity contribution in [2.75, 3.05) is 11.1 Å². The normalized spacial score (nSPS) is 12.5. The summed E-state index contributed by atoms with van der Waals surface area (Å²) in [5.41, 5.74) is 6.30. The molecule has 5 heteroatoms. The molecule has 1 aromatic rings. The van der Waals surface area contributed by atoms with Crippen LogP contribution in [0.3, 0.4) is 0 Å². The second-order valence-corrected chi connectivity index (χ2v) is 5.97. The van der Waals surface area contributed by atoms with Crippen LogP contribution in [0.1, 0.15) is 20.8 Å². The largest absolute Gasteiger partial charge is 0.397 e. The highest BCUT2D eigenvalue weighted by Gasteiger charge is 2.15. The highest BCUT2D eigenvalue weighted by Crippen LogP contribution is 2.22. The van der Waals surface area contributed by atoms with Crippen LogP contribution in [0.25, 0.3) is 0 Å². The molecule has 1 aromatic carbocycles. The number of rotatable bonds is 4. The number of halogens is 1. The minimum Gasteiger partial charge on any atom is -0.397 e. The lowest BCUT2D eigenvalue weighted by Crippen LogP contribution is -2.24. The van der Waals surface area contributed by atoms with Crippen LogP contribution in [-0.4, -0.2) is 16.4 Å². The SMILES string of the molecule is CC(C)SC(C)C(=O)Nc1ccc(F)cc1N. The van der Waals surface area contributed by atoms with Crippen molar-refractivity contribution in [1.29, 1.82) is 0 Å². The Morgan fingerprint density at radius 2 is 2.06 bits per heavy atom. The Morgan fingerprint density at radius 3 is 2.59 bits per heavy atom. The van der Waals surface area contributed by atoms with Crippen LogP contribution >= 0.6 is 11.8 Å². The van der Waals surface area contributed by atoms with Gasteiger partial charge in [0.15, 0.2) is 0 Å². The Bertz CT molecular complexity index is 409. The molecule has 0 saturated carbocycles. The van der Waals surface area contributed by atoms with Crippen LogP contribution in [0.5, 0.6) is 0 Å². The number of carbonyl (C=O) groups is 1. The first-order valence-corrected chi connectivity index (χ1v) is 6.35. The molecule has 0 heterocycles. The summed E-state index contributed by atoms with van der Waals surface area (Å²) in [5, 5.41) is 2.90. The third kappa shape index (κ3) is 4.26. The lowest BCUT2D eigenvalue weighted by Gasteiger charge is -2.15. The van der Waals surface area contributed by atoms with Crippen molar-refractivity contribution >= 4 is 29.0 Å². The lowest BCUT2D eigenvalue weighted by molar-refractivity contribution is -0.115. The van der Waals surface area contributed by atoms with E-state index in [0.29, 0.717) is 10.9 Å². The highest BCUT2D eigenvalue weighted by molar-refractivity contribution is 8.01. The number of hydrogen-bond acceptors (Lipinski definition) is 3. The molecule has 0 bridgehead atoms. The van der Waals surface area contributed by atoms with Crippen molar-refractivity contribution in [3.63, 3.8) is 0 Å². The third-order valence-electron chi connectivity index (χ3n) is 2.12. The van der Waals surface area contributed by atoms with Crippen LogP contribution < -0.4 is 11.1 Å². The summed E-state index contributed by atoms with van der Waals surface area (Å²) >= 11 is 1.56. The molecule has 1 atom stereocenters. The van der Waals surface area contributed by atoms with Crippen LogP contribution in [-0.2, 0) is 4.79 Å². The average molecular weight is 256 g/mol. The van der Waals surface area contributed by atoms with Crippen molar-refractivity contribution in [2.45, 2.75) is 31.3 Å². The van der Waals surface area contributed by atoms with Gasteiger partial charge in [-0.3, -0.25) is 4.79 Å². The first kappa shape index (κ1) is 13.8. The number of thioether (sulfide) groups is 1. The van der Waals surface area contributed by atoms with Gasteiger partial charge in [-0.05, 0) is 30.4 Å². The Kier molecular flexibility index (Phi) is 4.81. The molecular weight excluding hydrogens is 239 g/mol. The van der Waals surface area contributed by atoms with E-state index in [0.717, 1.165) is 0 Å². The van der Waals surface area contributed by atoms with Gasteiger partial charge >= 0.3 is 0 Å². The van der Waals surface area contributed by atoms with E-state index in [9.17, 15) is 9.18 Å². The van der Waals surface area contributed by atoms with Crippen LogP contribution in [0.4, 0.5) is 15.8 Å². The molecule has 94 valence electrons. The van der Waals surface area contributed by atoms with E-state index < -0.39 is 5.82 Å². The maximum absolute atomic E-state index is 12.8. The molecule has 0 aliphatic heterocycles. The minimum absolute atomic E-state index is 0.123. The maximum Gasteiger partial charge on any atom is 0.237 e. The zero-order valence-electron chi connectivity index (χ0n) is 10.2. The molecule has 3 N–H and O–H groups in total. The number of nitrogens with two attached hydrogens (primary N) is 1. The second kappa shape index (κ2) is 5.91. The van der Waals surface area contributed by atoms with Crippen LogP contribution in [0, 0.1) is 5.82 Å². The molecule has 0 aromatic heterocycles. The Labute approximate surface area is 105 Å². The van der Waals surface area contributed by atoms with Gasteiger partial charge in [0, 0.05) is 0 Å². The molecule has 0 spiro atoms. The molecule has 1 unspecified atom stereocenters. The Hall–Kier alpha value is -1.23. The van der Waals surface area contributed by atoms with Gasteiger partial charge in [-0.25, -0.2) is 4.39 Å². The molecular formula is C12H17FN2OS. The number of carbonyl (C=O) groups excluding carboxylic acids is 1. The van der Waals surface area contributed by atoms with Crippen LogP contribution in [0.15, 0.2) is 18.2 Å². The first-order chi connectivity index (χ1) is 7.90. The average Bonchev–Trinajstić information content (AvgIpc) is 2.21. The predicted molar refractivity (Wildman–Crippen MR) is 71.6 cm³/mol. The summed E-state index contributed by atoms with van der Waals surface area (Å²) in [4.78, 5) is 11.8. The Balaban J connectivity index is 2.67. The van der Waals surface area contributed by atoms with Gasteiger partial charge in [0.1, 0.15) is 5.82 Å². The second-order valence-electron chi connectivity index (χ2n) is 4.05. The molecule has 1 amide bonds. The fourth-order valence-corrected chi connectivity index (χ4v) is 2.35. The number of amides is 1. The van der Waals surface area contributed by atoms with Gasteiger partial charge in [-0.1, -0.05) is 13.8 Å². The minimum atomic E-state index is -0.412. The zero-order chi connectivity index (χ0) is 13.0. The molecule has 1 rings (SSSR count).